The van der Waals surface area contributed by atoms with Gasteiger partial charge in [0, 0.05) is 17.7 Å². The summed E-state index contributed by atoms with van der Waals surface area (Å²) in [5, 5.41) is 0.141. The minimum Gasteiger partial charge on any atom is -0.313 e. The number of carbonyl (C=O) groups excluding carboxylic acids is 2. The maximum absolute atomic E-state index is 13.4. The third-order valence-corrected chi connectivity index (χ3v) is 3.64. The first kappa shape index (κ1) is 11.7. The van der Waals surface area contributed by atoms with Crippen LogP contribution in [-0.4, -0.2) is 40.3 Å². The van der Waals surface area contributed by atoms with Crippen LogP contribution < -0.4 is 5.73 Å². The van der Waals surface area contributed by atoms with Crippen molar-refractivity contribution in [3.63, 3.8) is 0 Å². The van der Waals surface area contributed by atoms with E-state index in [1.807, 2.05) is 0 Å². The zero-order chi connectivity index (χ0) is 13.0. The van der Waals surface area contributed by atoms with Crippen molar-refractivity contribution in [3.8, 4) is 0 Å². The molecule has 18 heavy (non-hydrogen) atoms. The lowest BCUT2D eigenvalue weighted by Crippen LogP contribution is -2.55. The average molecular weight is 272 g/mol. The van der Waals surface area contributed by atoms with Gasteiger partial charge in [0.25, 0.3) is 5.91 Å². The predicted molar refractivity (Wildman–Crippen MR) is 61.6 cm³/mol. The van der Waals surface area contributed by atoms with Gasteiger partial charge in [-0.1, -0.05) is 16.1 Å². The van der Waals surface area contributed by atoms with E-state index in [4.69, 9.17) is 17.3 Å². The number of carbonyl (C=O) groups is 2. The van der Waals surface area contributed by atoms with Gasteiger partial charge in [-0.15, -0.1) is 0 Å². The number of hydrogen-bond acceptors (Lipinski definition) is 4. The van der Waals surface area contributed by atoms with Gasteiger partial charge in [-0.2, -0.15) is 5.12 Å². The highest BCUT2D eigenvalue weighted by atomic mass is 35.5. The quantitative estimate of drug-likeness (QED) is 0.426. The van der Waals surface area contributed by atoms with Crippen LogP contribution in [-0.2, 0) is 9.59 Å². The highest BCUT2D eigenvalue weighted by molar-refractivity contribution is 6.29. The van der Waals surface area contributed by atoms with Crippen molar-refractivity contribution >= 4 is 23.3 Å². The van der Waals surface area contributed by atoms with E-state index in [-0.39, 0.29) is 28.4 Å². The molecule has 2 heterocycles. The van der Waals surface area contributed by atoms with E-state index in [1.54, 1.807) is 0 Å². The Morgan fingerprint density at radius 3 is 2.67 bits per heavy atom. The van der Waals surface area contributed by atoms with E-state index in [9.17, 15) is 14.1 Å². The second-order valence-electron chi connectivity index (χ2n) is 4.63. The number of amides is 1. The van der Waals surface area contributed by atoms with Crippen LogP contribution in [0.4, 0.5) is 4.48 Å². The van der Waals surface area contributed by atoms with Crippen molar-refractivity contribution in [1.29, 1.82) is 0 Å². The fraction of sp³-hybridized carbons (Fsp3) is 0.455. The van der Waals surface area contributed by atoms with Gasteiger partial charge < -0.3 is 10.6 Å². The second-order valence-corrected chi connectivity index (χ2v) is 5.02. The van der Waals surface area contributed by atoms with Crippen LogP contribution in [0.1, 0.15) is 12.8 Å². The zero-order valence-electron chi connectivity index (χ0n) is 9.40. The van der Waals surface area contributed by atoms with Crippen molar-refractivity contribution < 1.29 is 14.1 Å². The maximum atomic E-state index is 13.4. The van der Waals surface area contributed by atoms with Gasteiger partial charge in [0.15, 0.2) is 5.78 Å². The van der Waals surface area contributed by atoms with Crippen LogP contribution in [0.25, 0.3) is 0 Å². The van der Waals surface area contributed by atoms with E-state index >= 15 is 0 Å². The summed E-state index contributed by atoms with van der Waals surface area (Å²) in [6.45, 7) is -0.256. The lowest BCUT2D eigenvalue weighted by atomic mass is 9.94. The Morgan fingerprint density at radius 1 is 1.39 bits per heavy atom. The molecule has 0 radical (unpaired) electrons. The lowest BCUT2D eigenvalue weighted by Gasteiger charge is -2.36. The molecule has 5 nitrogen and oxygen atoms in total. The van der Waals surface area contributed by atoms with Gasteiger partial charge >= 0.3 is 0 Å². The minimum atomic E-state index is -1.22. The molecule has 1 amide bonds. The maximum Gasteiger partial charge on any atom is 0.252 e. The molecular formula is C11H11ClFN3O2. The normalized spacial score (nSPS) is 28.6. The van der Waals surface area contributed by atoms with E-state index in [0.29, 0.717) is 5.70 Å². The number of halogens is 2. The predicted octanol–water partition coefficient (Wildman–Crippen LogP) is 0.422. The molecule has 0 saturated heterocycles. The monoisotopic (exact) mass is 271 g/mol. The molecule has 0 aromatic carbocycles. The van der Waals surface area contributed by atoms with Crippen LogP contribution >= 0.6 is 11.6 Å². The molecule has 1 saturated carbocycles. The molecule has 1 unspecified atom stereocenters. The number of rotatable bonds is 1. The van der Waals surface area contributed by atoms with Gasteiger partial charge in [0.1, 0.15) is 11.2 Å². The molecule has 2 N–H and O–H groups in total. The summed E-state index contributed by atoms with van der Waals surface area (Å²) in [6.07, 6.45) is 3.06. The summed E-state index contributed by atoms with van der Waals surface area (Å²) in [6, 6.07) is -1.16. The molecule has 7 heteroatoms. The van der Waals surface area contributed by atoms with E-state index in [2.05, 4.69) is 0 Å². The van der Waals surface area contributed by atoms with Crippen molar-refractivity contribution in [1.82, 2.24) is 10.0 Å². The Bertz CT molecular complexity index is 512. The Hall–Kier alpha value is -1.40. The largest absolute Gasteiger partial charge is 0.313 e. The van der Waals surface area contributed by atoms with Crippen molar-refractivity contribution in [2.24, 2.45) is 5.73 Å². The number of Topliss-reactive ketones (excluding diaryl/α,β-unsaturated/α-hetero) is 1. The first-order chi connectivity index (χ1) is 8.50. The van der Waals surface area contributed by atoms with Gasteiger partial charge in [-0.05, 0) is 12.8 Å². The number of ketones is 1. The van der Waals surface area contributed by atoms with Crippen LogP contribution in [0, 0.1) is 0 Å². The van der Waals surface area contributed by atoms with Gasteiger partial charge in [-0.3, -0.25) is 9.59 Å². The Morgan fingerprint density at radius 2 is 2.06 bits per heavy atom. The third kappa shape index (κ3) is 1.56. The fourth-order valence-corrected chi connectivity index (χ4v) is 2.43. The summed E-state index contributed by atoms with van der Waals surface area (Å²) in [7, 11) is 0. The van der Waals surface area contributed by atoms with E-state index < -0.39 is 17.7 Å². The molecule has 1 atom stereocenters. The number of nitrogens with two attached hydrogens (primary N) is 1. The number of hydrogen-bond donors (Lipinski definition) is 1. The van der Waals surface area contributed by atoms with Crippen LogP contribution in [0.2, 0.25) is 0 Å². The SMILES string of the molecule is NC1C(=O)C2=C(C=C(Cl)N(F)C2)N(C2CC2)C1=O. The summed E-state index contributed by atoms with van der Waals surface area (Å²) in [5.41, 5.74) is 6.23. The summed E-state index contributed by atoms with van der Waals surface area (Å²) in [4.78, 5) is 25.4. The first-order valence-corrected chi connectivity index (χ1v) is 6.05. The summed E-state index contributed by atoms with van der Waals surface area (Å²) < 4.78 is 13.4. The van der Waals surface area contributed by atoms with Crippen molar-refractivity contribution in [2.75, 3.05) is 6.54 Å². The standard InChI is InChI=1S/C11H11ClFN3O2/c12-8-3-7-6(4-15(8)13)10(17)9(14)11(18)16(7)5-1-2-5/h3,5,9H,1-2,4,14H2. The van der Waals surface area contributed by atoms with Gasteiger partial charge in [0.05, 0.1) is 12.2 Å². The highest BCUT2D eigenvalue weighted by Gasteiger charge is 2.46. The van der Waals surface area contributed by atoms with Gasteiger partial charge in [0.2, 0.25) is 0 Å². The molecule has 0 aromatic rings. The Kier molecular flexibility index (Phi) is 2.46. The van der Waals surface area contributed by atoms with E-state index in [0.717, 1.165) is 12.8 Å². The number of nitrogens with zero attached hydrogens (tertiary/aromatic N) is 2. The average Bonchev–Trinajstić information content (AvgIpc) is 3.14. The zero-order valence-corrected chi connectivity index (χ0v) is 10.2. The first-order valence-electron chi connectivity index (χ1n) is 5.67. The Balaban J connectivity index is 2.10. The molecule has 0 aromatic heterocycles. The molecule has 0 spiro atoms. The smallest absolute Gasteiger partial charge is 0.252 e. The number of allylic oxidation sites excluding steroid dienone is 1. The fourth-order valence-electron chi connectivity index (χ4n) is 2.26. The molecule has 3 rings (SSSR count). The van der Waals surface area contributed by atoms with Crippen LogP contribution in [0.5, 0.6) is 0 Å². The third-order valence-electron chi connectivity index (χ3n) is 3.35. The van der Waals surface area contributed by atoms with Crippen molar-refractivity contribution in [2.45, 2.75) is 24.9 Å². The second kappa shape index (κ2) is 3.80. The molecule has 1 fully saturated rings. The van der Waals surface area contributed by atoms with Gasteiger partial charge in [-0.25, -0.2) is 0 Å². The van der Waals surface area contributed by atoms with E-state index in [1.165, 1.54) is 11.0 Å². The van der Waals surface area contributed by atoms with Crippen LogP contribution in [0.15, 0.2) is 22.5 Å². The topological polar surface area (TPSA) is 66.6 Å². The highest BCUT2D eigenvalue weighted by Crippen LogP contribution is 2.38. The summed E-state index contributed by atoms with van der Waals surface area (Å²) in [5.74, 6) is -0.941. The van der Waals surface area contributed by atoms with Crippen molar-refractivity contribution in [3.05, 3.63) is 22.5 Å². The molecular weight excluding hydrogens is 261 g/mol. The molecule has 3 aliphatic rings. The minimum absolute atomic E-state index is 0.0635. The lowest BCUT2D eigenvalue weighted by molar-refractivity contribution is -0.137. The van der Waals surface area contributed by atoms with Crippen LogP contribution in [0.3, 0.4) is 0 Å². The molecule has 2 aliphatic heterocycles. The molecule has 1 aliphatic carbocycles. The summed E-state index contributed by atoms with van der Waals surface area (Å²) >= 11 is 5.71. The molecule has 0 bridgehead atoms. The Labute approximate surface area is 108 Å². The molecule has 96 valence electrons.